The third kappa shape index (κ3) is 2.74. The molecule has 16 heavy (non-hydrogen) atoms. The third-order valence-electron chi connectivity index (χ3n) is 2.33. The third-order valence-corrected chi connectivity index (χ3v) is 3.18. The lowest BCUT2D eigenvalue weighted by Gasteiger charge is -2.00. The lowest BCUT2D eigenvalue weighted by molar-refractivity contribution is 0.873. The normalized spacial score (nSPS) is 11.3. The van der Waals surface area contributed by atoms with Gasteiger partial charge in [0.25, 0.3) is 0 Å². The highest BCUT2D eigenvalue weighted by molar-refractivity contribution is 7.07. The molecule has 0 fully saturated rings. The van der Waals surface area contributed by atoms with Gasteiger partial charge in [0.1, 0.15) is 0 Å². The van der Waals surface area contributed by atoms with Crippen LogP contribution in [0.1, 0.15) is 11.1 Å². The fourth-order valence-electron chi connectivity index (χ4n) is 1.47. The molecule has 0 saturated carbocycles. The summed E-state index contributed by atoms with van der Waals surface area (Å²) in [6, 6.07) is 6.33. The van der Waals surface area contributed by atoms with Gasteiger partial charge in [-0.25, -0.2) is 4.99 Å². The van der Waals surface area contributed by atoms with Gasteiger partial charge >= 0.3 is 0 Å². The summed E-state index contributed by atoms with van der Waals surface area (Å²) in [6.07, 6.45) is 2.02. The molecule has 0 saturated heterocycles. The fourth-order valence-corrected chi connectivity index (χ4v) is 2.21. The largest absolute Gasteiger partial charge is 0.327 e. The summed E-state index contributed by atoms with van der Waals surface area (Å²) in [6.45, 7) is 4.20. The van der Waals surface area contributed by atoms with Crippen LogP contribution >= 0.6 is 23.7 Å². The van der Waals surface area contributed by atoms with Crippen LogP contribution in [-0.4, -0.2) is 4.57 Å². The minimum atomic E-state index is 0. The van der Waals surface area contributed by atoms with E-state index in [2.05, 4.69) is 37.0 Å². The Morgan fingerprint density at radius 1 is 1.25 bits per heavy atom. The van der Waals surface area contributed by atoms with Gasteiger partial charge in [-0.1, -0.05) is 17.7 Å². The second kappa shape index (κ2) is 5.32. The standard InChI is InChI=1S/C12H14N2S.ClH/c1-9-4-5-11(10(2)8-9)13-12-14(3)6-7-15-12;/h4-8H,1-3H3;1H/b13-12-;. The van der Waals surface area contributed by atoms with Crippen LogP contribution in [0, 0.1) is 13.8 Å². The zero-order valence-corrected chi connectivity index (χ0v) is 11.2. The van der Waals surface area contributed by atoms with E-state index in [4.69, 9.17) is 0 Å². The van der Waals surface area contributed by atoms with Crippen molar-refractivity contribution in [3.63, 3.8) is 0 Å². The molecule has 0 spiro atoms. The maximum atomic E-state index is 4.62. The van der Waals surface area contributed by atoms with Gasteiger partial charge in [-0.2, -0.15) is 0 Å². The lowest BCUT2D eigenvalue weighted by Crippen LogP contribution is -2.08. The molecular weight excluding hydrogens is 240 g/mol. The molecule has 86 valence electrons. The zero-order chi connectivity index (χ0) is 10.8. The second-order valence-electron chi connectivity index (χ2n) is 3.70. The highest BCUT2D eigenvalue weighted by Gasteiger charge is 1.96. The Bertz CT molecular complexity index is 540. The molecule has 0 bridgehead atoms. The van der Waals surface area contributed by atoms with E-state index in [1.807, 2.05) is 23.2 Å². The molecule has 1 aromatic carbocycles. The molecule has 0 atom stereocenters. The Labute approximate surface area is 106 Å². The monoisotopic (exact) mass is 254 g/mol. The van der Waals surface area contributed by atoms with E-state index >= 15 is 0 Å². The van der Waals surface area contributed by atoms with Crippen LogP contribution in [0.4, 0.5) is 5.69 Å². The molecule has 0 aliphatic carbocycles. The van der Waals surface area contributed by atoms with Crippen LogP contribution in [0.15, 0.2) is 34.8 Å². The molecule has 2 rings (SSSR count). The van der Waals surface area contributed by atoms with Crippen molar-refractivity contribution < 1.29 is 0 Å². The van der Waals surface area contributed by atoms with Crippen LogP contribution in [0.25, 0.3) is 0 Å². The number of nitrogens with zero attached hydrogens (tertiary/aromatic N) is 2. The second-order valence-corrected chi connectivity index (χ2v) is 4.57. The van der Waals surface area contributed by atoms with Gasteiger partial charge in [0.2, 0.25) is 0 Å². The minimum Gasteiger partial charge on any atom is -0.327 e. The molecular formula is C12H15ClN2S. The molecule has 0 unspecified atom stereocenters. The van der Waals surface area contributed by atoms with Crippen molar-refractivity contribution in [2.24, 2.45) is 12.0 Å². The number of benzene rings is 1. The molecule has 0 amide bonds. The molecule has 1 aromatic heterocycles. The summed E-state index contributed by atoms with van der Waals surface area (Å²) >= 11 is 1.65. The Balaban J connectivity index is 0.00000128. The molecule has 1 heterocycles. The Morgan fingerprint density at radius 2 is 2.00 bits per heavy atom. The SMILES string of the molecule is Cc1ccc(/N=c2\sccn2C)c(C)c1.Cl. The summed E-state index contributed by atoms with van der Waals surface area (Å²) in [5.41, 5.74) is 3.56. The Morgan fingerprint density at radius 3 is 2.56 bits per heavy atom. The number of hydrogen-bond donors (Lipinski definition) is 0. The zero-order valence-electron chi connectivity index (χ0n) is 9.60. The summed E-state index contributed by atoms with van der Waals surface area (Å²) in [5, 5.41) is 2.04. The van der Waals surface area contributed by atoms with E-state index in [0.29, 0.717) is 0 Å². The number of aromatic nitrogens is 1. The predicted molar refractivity (Wildman–Crippen MR) is 71.7 cm³/mol. The van der Waals surface area contributed by atoms with Crippen molar-refractivity contribution in [1.82, 2.24) is 4.57 Å². The van der Waals surface area contributed by atoms with E-state index in [-0.39, 0.29) is 12.4 Å². The highest BCUT2D eigenvalue weighted by Crippen LogP contribution is 2.18. The topological polar surface area (TPSA) is 17.3 Å². The van der Waals surface area contributed by atoms with Crippen molar-refractivity contribution >= 4 is 29.4 Å². The van der Waals surface area contributed by atoms with Crippen LogP contribution in [0.3, 0.4) is 0 Å². The van der Waals surface area contributed by atoms with Crippen molar-refractivity contribution in [3.8, 4) is 0 Å². The predicted octanol–water partition coefficient (Wildman–Crippen LogP) is 3.36. The van der Waals surface area contributed by atoms with Crippen molar-refractivity contribution in [2.75, 3.05) is 0 Å². The molecule has 2 nitrogen and oxygen atoms in total. The average molecular weight is 255 g/mol. The average Bonchev–Trinajstić information content (AvgIpc) is 2.57. The summed E-state index contributed by atoms with van der Waals surface area (Å²) in [4.78, 5) is 5.65. The molecule has 0 radical (unpaired) electrons. The van der Waals surface area contributed by atoms with Crippen molar-refractivity contribution in [3.05, 3.63) is 45.7 Å². The number of thiazole rings is 1. The fraction of sp³-hybridized carbons (Fsp3) is 0.250. The van der Waals surface area contributed by atoms with Crippen molar-refractivity contribution in [2.45, 2.75) is 13.8 Å². The molecule has 0 aliphatic heterocycles. The molecule has 0 aliphatic rings. The van der Waals surface area contributed by atoms with Gasteiger partial charge < -0.3 is 4.57 Å². The van der Waals surface area contributed by atoms with Gasteiger partial charge in [-0.15, -0.1) is 23.7 Å². The van der Waals surface area contributed by atoms with E-state index < -0.39 is 0 Å². The Kier molecular flexibility index (Phi) is 4.33. The smallest absolute Gasteiger partial charge is 0.189 e. The van der Waals surface area contributed by atoms with Gasteiger partial charge in [-0.05, 0) is 25.5 Å². The number of rotatable bonds is 1. The maximum Gasteiger partial charge on any atom is 0.189 e. The van der Waals surface area contributed by atoms with Gasteiger partial charge in [-0.3, -0.25) is 0 Å². The van der Waals surface area contributed by atoms with Gasteiger partial charge in [0, 0.05) is 18.6 Å². The first-order chi connectivity index (χ1) is 7.16. The van der Waals surface area contributed by atoms with Crippen LogP contribution in [0.5, 0.6) is 0 Å². The van der Waals surface area contributed by atoms with E-state index in [1.54, 1.807) is 11.3 Å². The molecule has 2 aromatic rings. The summed E-state index contributed by atoms with van der Waals surface area (Å²) in [5.74, 6) is 0. The maximum absolute atomic E-state index is 4.62. The van der Waals surface area contributed by atoms with E-state index in [0.717, 1.165) is 10.5 Å². The van der Waals surface area contributed by atoms with Gasteiger partial charge in [0.05, 0.1) is 5.69 Å². The Hall–Kier alpha value is -1.06. The minimum absolute atomic E-state index is 0. The lowest BCUT2D eigenvalue weighted by atomic mass is 10.1. The first kappa shape index (κ1) is 13.0. The number of aryl methyl sites for hydroxylation is 3. The summed E-state index contributed by atoms with van der Waals surface area (Å²) < 4.78 is 2.03. The van der Waals surface area contributed by atoms with Crippen LogP contribution < -0.4 is 4.80 Å². The molecule has 4 heteroatoms. The quantitative estimate of drug-likeness (QED) is 0.743. The summed E-state index contributed by atoms with van der Waals surface area (Å²) in [7, 11) is 2.01. The van der Waals surface area contributed by atoms with Crippen LogP contribution in [0.2, 0.25) is 0 Å². The van der Waals surface area contributed by atoms with E-state index in [1.165, 1.54) is 11.1 Å². The van der Waals surface area contributed by atoms with Crippen molar-refractivity contribution in [1.29, 1.82) is 0 Å². The highest BCUT2D eigenvalue weighted by atomic mass is 35.5. The number of hydrogen-bond acceptors (Lipinski definition) is 2. The molecule has 0 N–H and O–H groups in total. The number of halogens is 1. The van der Waals surface area contributed by atoms with Gasteiger partial charge in [0.15, 0.2) is 4.80 Å². The first-order valence-corrected chi connectivity index (χ1v) is 5.77. The first-order valence-electron chi connectivity index (χ1n) is 4.89. The van der Waals surface area contributed by atoms with Crippen LogP contribution in [-0.2, 0) is 7.05 Å². The van der Waals surface area contributed by atoms with E-state index in [9.17, 15) is 0 Å².